The van der Waals surface area contributed by atoms with Crippen molar-refractivity contribution < 1.29 is 13.2 Å². The second-order valence-corrected chi connectivity index (χ2v) is 5.49. The molecule has 0 amide bonds. The number of nitrogens with zero attached hydrogens (tertiary/aromatic N) is 5. The summed E-state index contributed by atoms with van der Waals surface area (Å²) in [6, 6.07) is 6.56. The van der Waals surface area contributed by atoms with Crippen molar-refractivity contribution in [1.29, 1.82) is 5.26 Å². The predicted molar refractivity (Wildman–Crippen MR) is 83.5 cm³/mol. The lowest BCUT2D eigenvalue weighted by molar-refractivity contribution is -0.137. The topological polar surface area (TPSA) is 67.4 Å². The Hall–Kier alpha value is -2.92. The average Bonchev–Trinajstić information content (AvgIpc) is 2.99. The Bertz CT molecular complexity index is 924. The quantitative estimate of drug-likeness (QED) is 0.707. The highest BCUT2D eigenvalue weighted by atomic mass is 35.5. The van der Waals surface area contributed by atoms with Gasteiger partial charge < -0.3 is 4.57 Å². The molecule has 0 saturated heterocycles. The lowest BCUT2D eigenvalue weighted by Crippen LogP contribution is -2.08. The van der Waals surface area contributed by atoms with Crippen molar-refractivity contribution in [3.8, 4) is 17.5 Å². The van der Waals surface area contributed by atoms with Crippen molar-refractivity contribution in [3.63, 3.8) is 0 Å². The first-order chi connectivity index (χ1) is 11.9. The second-order valence-electron chi connectivity index (χ2n) is 5.06. The summed E-state index contributed by atoms with van der Waals surface area (Å²) < 4.78 is 39.6. The van der Waals surface area contributed by atoms with Crippen molar-refractivity contribution in [2.75, 3.05) is 0 Å². The van der Waals surface area contributed by atoms with E-state index in [-0.39, 0.29) is 12.2 Å². The van der Waals surface area contributed by atoms with Gasteiger partial charge in [-0.25, -0.2) is 15.0 Å². The van der Waals surface area contributed by atoms with Crippen LogP contribution in [0.3, 0.4) is 0 Å². The molecule has 0 aliphatic heterocycles. The largest absolute Gasteiger partial charge is 0.416 e. The molecule has 3 rings (SSSR count). The monoisotopic (exact) mass is 363 g/mol. The smallest absolute Gasteiger partial charge is 0.308 e. The zero-order valence-electron chi connectivity index (χ0n) is 12.5. The van der Waals surface area contributed by atoms with Gasteiger partial charge in [0, 0.05) is 18.0 Å². The molecule has 0 unspecified atom stereocenters. The van der Waals surface area contributed by atoms with Gasteiger partial charge in [0.05, 0.1) is 23.3 Å². The summed E-state index contributed by atoms with van der Waals surface area (Å²) in [7, 11) is 0. The van der Waals surface area contributed by atoms with E-state index in [1.807, 2.05) is 6.07 Å². The average molecular weight is 364 g/mol. The Kier molecular flexibility index (Phi) is 4.42. The number of hydrogen-bond acceptors (Lipinski definition) is 4. The van der Waals surface area contributed by atoms with Crippen molar-refractivity contribution >= 4 is 11.6 Å². The van der Waals surface area contributed by atoms with Gasteiger partial charge in [-0.1, -0.05) is 23.7 Å². The van der Waals surface area contributed by atoms with Crippen LogP contribution in [0.1, 0.15) is 17.1 Å². The first-order valence-corrected chi connectivity index (χ1v) is 7.36. The second kappa shape index (κ2) is 6.53. The first kappa shape index (κ1) is 16.9. The summed E-state index contributed by atoms with van der Waals surface area (Å²) in [6.07, 6.45) is -0.221. The number of benzene rings is 1. The van der Waals surface area contributed by atoms with Gasteiger partial charge in [-0.15, -0.1) is 0 Å². The molecule has 0 aliphatic rings. The summed E-state index contributed by atoms with van der Waals surface area (Å²) in [5.74, 6) is 0.746. The fourth-order valence-electron chi connectivity index (χ4n) is 2.23. The minimum absolute atomic E-state index is 0.135. The van der Waals surface area contributed by atoms with E-state index in [1.165, 1.54) is 35.3 Å². The number of nitriles is 1. The molecule has 0 spiro atoms. The zero-order valence-corrected chi connectivity index (χ0v) is 13.3. The molecule has 2 aromatic heterocycles. The molecule has 9 heteroatoms. The maximum atomic E-state index is 12.7. The number of aromatic nitrogens is 4. The molecule has 1 aromatic carbocycles. The SMILES string of the molecule is N#Cc1cnc(-c2ccc(C(F)(F)F)cc2)n1Cc1ncc(Cl)cn1. The molecular weight excluding hydrogens is 355 g/mol. The van der Waals surface area contributed by atoms with Crippen LogP contribution in [0.15, 0.2) is 42.9 Å². The third-order valence-corrected chi connectivity index (χ3v) is 3.61. The highest BCUT2D eigenvalue weighted by Crippen LogP contribution is 2.31. The lowest BCUT2D eigenvalue weighted by Gasteiger charge is -2.10. The van der Waals surface area contributed by atoms with E-state index in [2.05, 4.69) is 15.0 Å². The predicted octanol–water partition coefficient (Wildman–Crippen LogP) is 3.93. The summed E-state index contributed by atoms with van der Waals surface area (Å²) >= 11 is 5.74. The van der Waals surface area contributed by atoms with Crippen LogP contribution in [0, 0.1) is 11.3 Å². The van der Waals surface area contributed by atoms with Crippen molar-refractivity contribution in [1.82, 2.24) is 19.5 Å². The van der Waals surface area contributed by atoms with Crippen LogP contribution < -0.4 is 0 Å². The molecule has 0 saturated carbocycles. The third-order valence-electron chi connectivity index (χ3n) is 3.41. The van der Waals surface area contributed by atoms with Gasteiger partial charge in [-0.2, -0.15) is 18.4 Å². The van der Waals surface area contributed by atoms with Gasteiger partial charge in [0.2, 0.25) is 0 Å². The summed E-state index contributed by atoms with van der Waals surface area (Å²) in [4.78, 5) is 12.3. The zero-order chi connectivity index (χ0) is 18.0. The molecular formula is C16H9ClF3N5. The highest BCUT2D eigenvalue weighted by Gasteiger charge is 2.30. The number of alkyl halides is 3. The van der Waals surface area contributed by atoms with Crippen molar-refractivity contribution in [2.45, 2.75) is 12.7 Å². The number of hydrogen-bond donors (Lipinski definition) is 0. The molecule has 0 atom stereocenters. The van der Waals surface area contributed by atoms with Crippen LogP contribution in [0.25, 0.3) is 11.4 Å². The van der Waals surface area contributed by atoms with Crippen molar-refractivity contribution in [2.24, 2.45) is 0 Å². The molecule has 0 radical (unpaired) electrons. The summed E-state index contributed by atoms with van der Waals surface area (Å²) in [5.41, 5.74) is -0.0622. The fraction of sp³-hybridized carbons (Fsp3) is 0.125. The normalized spacial score (nSPS) is 11.3. The maximum absolute atomic E-state index is 12.7. The summed E-state index contributed by atoms with van der Waals surface area (Å²) in [6.45, 7) is 0.135. The van der Waals surface area contributed by atoms with Crippen LogP contribution in [-0.4, -0.2) is 19.5 Å². The van der Waals surface area contributed by atoms with Crippen LogP contribution in [-0.2, 0) is 12.7 Å². The van der Waals surface area contributed by atoms with Gasteiger partial charge in [-0.3, -0.25) is 0 Å². The van der Waals surface area contributed by atoms with E-state index in [1.54, 1.807) is 0 Å². The molecule has 3 aromatic rings. The number of imidazole rings is 1. The van der Waals surface area contributed by atoms with Gasteiger partial charge in [0.15, 0.2) is 0 Å². The van der Waals surface area contributed by atoms with E-state index >= 15 is 0 Å². The first-order valence-electron chi connectivity index (χ1n) is 6.98. The number of rotatable bonds is 3. The Balaban J connectivity index is 1.98. The molecule has 5 nitrogen and oxygen atoms in total. The Morgan fingerprint density at radius 1 is 1.04 bits per heavy atom. The van der Waals surface area contributed by atoms with E-state index in [0.29, 0.717) is 22.2 Å². The Morgan fingerprint density at radius 3 is 2.24 bits per heavy atom. The van der Waals surface area contributed by atoms with Crippen molar-refractivity contribution in [3.05, 3.63) is 65.0 Å². The van der Waals surface area contributed by atoms with Crippen LogP contribution in [0.4, 0.5) is 13.2 Å². The van der Waals surface area contributed by atoms with E-state index < -0.39 is 11.7 Å². The highest BCUT2D eigenvalue weighted by molar-refractivity contribution is 6.30. The molecule has 0 fully saturated rings. The lowest BCUT2D eigenvalue weighted by atomic mass is 10.1. The minimum atomic E-state index is -4.41. The van der Waals surface area contributed by atoms with Gasteiger partial charge in [-0.05, 0) is 12.1 Å². The van der Waals surface area contributed by atoms with Crippen LogP contribution in [0.5, 0.6) is 0 Å². The van der Waals surface area contributed by atoms with Crippen LogP contribution >= 0.6 is 11.6 Å². The van der Waals surface area contributed by atoms with Gasteiger partial charge >= 0.3 is 6.18 Å². The van der Waals surface area contributed by atoms with E-state index in [4.69, 9.17) is 11.6 Å². The van der Waals surface area contributed by atoms with E-state index in [0.717, 1.165) is 12.1 Å². The third kappa shape index (κ3) is 3.61. The molecule has 0 aliphatic carbocycles. The Morgan fingerprint density at radius 2 is 1.68 bits per heavy atom. The fourth-order valence-corrected chi connectivity index (χ4v) is 2.32. The number of halogens is 4. The maximum Gasteiger partial charge on any atom is 0.416 e. The molecule has 2 heterocycles. The molecule has 126 valence electrons. The summed E-state index contributed by atoms with van der Waals surface area (Å²) in [5, 5.41) is 9.60. The molecule has 0 N–H and O–H groups in total. The van der Waals surface area contributed by atoms with E-state index in [9.17, 15) is 18.4 Å². The Labute approximate surface area is 145 Å². The standard InChI is InChI=1S/C16H9ClF3N5/c17-12-6-22-14(23-7-12)9-25-13(5-21)8-24-15(25)10-1-3-11(4-2-10)16(18,19)20/h1-4,6-8H,9H2. The van der Waals surface area contributed by atoms with Crippen LogP contribution in [0.2, 0.25) is 5.02 Å². The molecule has 0 bridgehead atoms. The van der Waals surface area contributed by atoms with Gasteiger partial charge in [0.25, 0.3) is 0 Å². The minimum Gasteiger partial charge on any atom is -0.308 e. The molecule has 25 heavy (non-hydrogen) atoms. The van der Waals surface area contributed by atoms with Gasteiger partial charge in [0.1, 0.15) is 23.4 Å².